The summed E-state index contributed by atoms with van der Waals surface area (Å²) in [7, 11) is -4.05. The van der Waals surface area contributed by atoms with Crippen molar-refractivity contribution in [2.75, 3.05) is 18.4 Å². The van der Waals surface area contributed by atoms with E-state index < -0.39 is 22.4 Å². The summed E-state index contributed by atoms with van der Waals surface area (Å²) in [6.45, 7) is -0.593. The summed E-state index contributed by atoms with van der Waals surface area (Å²) >= 11 is 0. The molecule has 0 saturated carbocycles. The second-order valence-corrected chi connectivity index (χ2v) is 10.1. The van der Waals surface area contributed by atoms with Crippen molar-refractivity contribution < 1.29 is 23.4 Å². The summed E-state index contributed by atoms with van der Waals surface area (Å²) in [5, 5.41) is 23.6. The minimum Gasteiger partial charge on any atom is -0.389 e. The number of carbonyl (C=O) groups is 1. The van der Waals surface area contributed by atoms with Gasteiger partial charge in [-0.3, -0.25) is 4.79 Å². The third-order valence-corrected chi connectivity index (χ3v) is 7.58. The van der Waals surface area contributed by atoms with Crippen molar-refractivity contribution in [2.24, 2.45) is 0 Å². The van der Waals surface area contributed by atoms with Crippen molar-refractivity contribution in [1.82, 2.24) is 8.61 Å². The van der Waals surface area contributed by atoms with E-state index in [1.54, 1.807) is 60.7 Å². The molecule has 9 heteroatoms. The lowest BCUT2D eigenvalue weighted by atomic mass is 10.1. The van der Waals surface area contributed by atoms with E-state index in [1.807, 2.05) is 24.3 Å². The highest BCUT2D eigenvalue weighted by Crippen LogP contribution is 2.23. The number of nitrogens with zero attached hydrogens (tertiary/aromatic N) is 2. The number of para-hydroxylation sites is 1. The first-order chi connectivity index (χ1) is 16.3. The van der Waals surface area contributed by atoms with Crippen molar-refractivity contribution in [3.63, 3.8) is 0 Å². The molecule has 2 atom stereocenters. The molecule has 0 radical (unpaired) electrons. The van der Waals surface area contributed by atoms with Crippen molar-refractivity contribution in [3.05, 3.63) is 102 Å². The van der Waals surface area contributed by atoms with Gasteiger partial charge >= 0.3 is 0 Å². The molecule has 0 bridgehead atoms. The van der Waals surface area contributed by atoms with Crippen LogP contribution in [-0.2, 0) is 23.3 Å². The maximum atomic E-state index is 13.5. The van der Waals surface area contributed by atoms with Crippen LogP contribution in [0.3, 0.4) is 0 Å². The topological polar surface area (TPSA) is 110 Å². The lowest BCUT2D eigenvalue weighted by Crippen LogP contribution is -2.42. The molecule has 4 rings (SSSR count). The summed E-state index contributed by atoms with van der Waals surface area (Å²) < 4.78 is 29.3. The highest BCUT2D eigenvalue weighted by Gasteiger charge is 2.39. The van der Waals surface area contributed by atoms with E-state index in [0.717, 1.165) is 14.2 Å². The standard InChI is InChI=1S/C25H27N3O5S/c29-23-17-27(15-19-9-3-1-4-10-19)34(32,33)28(18-24(23)30)16-20-11-7-8-14-22(20)25(31)26-21-12-5-2-6-13-21/h1-14,23-24,29-30H,15-18H2,(H,26,31)/t23-,24-/m0/s1. The van der Waals surface area contributed by atoms with Gasteiger partial charge in [0.2, 0.25) is 0 Å². The average Bonchev–Trinajstić information content (AvgIpc) is 2.91. The Kier molecular flexibility index (Phi) is 7.40. The Morgan fingerprint density at radius 3 is 1.97 bits per heavy atom. The van der Waals surface area contributed by atoms with E-state index in [0.29, 0.717) is 16.8 Å². The first-order valence-electron chi connectivity index (χ1n) is 10.9. The van der Waals surface area contributed by atoms with Gasteiger partial charge in [0.15, 0.2) is 0 Å². The Labute approximate surface area is 199 Å². The minimum absolute atomic E-state index is 0.0552. The Morgan fingerprint density at radius 2 is 1.32 bits per heavy atom. The van der Waals surface area contributed by atoms with Crippen LogP contribution in [0.15, 0.2) is 84.9 Å². The number of anilines is 1. The number of rotatable bonds is 6. The predicted molar refractivity (Wildman–Crippen MR) is 129 cm³/mol. The Hall–Kier alpha value is -3.08. The Bertz CT molecular complexity index is 1220. The van der Waals surface area contributed by atoms with Crippen LogP contribution in [0, 0.1) is 0 Å². The molecule has 3 aromatic carbocycles. The van der Waals surface area contributed by atoms with Gasteiger partial charge < -0.3 is 15.5 Å². The maximum Gasteiger partial charge on any atom is 0.282 e. The highest BCUT2D eigenvalue weighted by atomic mass is 32.2. The molecule has 1 aliphatic heterocycles. The first kappa shape index (κ1) is 24.1. The predicted octanol–water partition coefficient (Wildman–Crippen LogP) is 2.22. The smallest absolute Gasteiger partial charge is 0.282 e. The zero-order valence-corrected chi connectivity index (χ0v) is 19.3. The quantitative estimate of drug-likeness (QED) is 0.500. The van der Waals surface area contributed by atoms with Gasteiger partial charge in [0.1, 0.15) is 0 Å². The number of carbonyl (C=O) groups excluding carboxylic acids is 1. The number of benzene rings is 3. The molecule has 1 heterocycles. The number of amides is 1. The van der Waals surface area contributed by atoms with Crippen LogP contribution in [0.5, 0.6) is 0 Å². The lowest BCUT2D eigenvalue weighted by molar-refractivity contribution is 0.00887. The fourth-order valence-corrected chi connectivity index (χ4v) is 5.50. The van der Waals surface area contributed by atoms with Crippen LogP contribution in [0.1, 0.15) is 21.5 Å². The molecule has 0 aromatic heterocycles. The number of hydrogen-bond acceptors (Lipinski definition) is 5. The fourth-order valence-electron chi connectivity index (χ4n) is 3.88. The molecule has 3 N–H and O–H groups in total. The molecule has 1 fully saturated rings. The van der Waals surface area contributed by atoms with E-state index >= 15 is 0 Å². The number of β-amino-alcohol motifs (C(OH)–C–C–N with tert-alkyl or cyclic N) is 2. The van der Waals surface area contributed by atoms with E-state index in [9.17, 15) is 23.4 Å². The third-order valence-electron chi connectivity index (χ3n) is 5.72. The number of aliphatic hydroxyl groups excluding tert-OH is 2. The van der Waals surface area contributed by atoms with Crippen LogP contribution < -0.4 is 5.32 Å². The zero-order chi connectivity index (χ0) is 24.1. The fraction of sp³-hybridized carbons (Fsp3) is 0.240. The second-order valence-electron chi connectivity index (χ2n) is 8.19. The van der Waals surface area contributed by atoms with E-state index in [-0.39, 0.29) is 32.1 Å². The molecule has 0 spiro atoms. The molecule has 0 unspecified atom stereocenters. The molecular formula is C25H27N3O5S. The van der Waals surface area contributed by atoms with Crippen molar-refractivity contribution in [3.8, 4) is 0 Å². The Morgan fingerprint density at radius 1 is 0.794 bits per heavy atom. The summed E-state index contributed by atoms with van der Waals surface area (Å²) in [6.07, 6.45) is -2.50. The molecule has 1 amide bonds. The van der Waals surface area contributed by atoms with Crippen LogP contribution in [0.2, 0.25) is 0 Å². The van der Waals surface area contributed by atoms with E-state index in [2.05, 4.69) is 5.32 Å². The molecule has 1 saturated heterocycles. The lowest BCUT2D eigenvalue weighted by Gasteiger charge is -2.27. The summed E-state index contributed by atoms with van der Waals surface area (Å²) in [4.78, 5) is 12.9. The van der Waals surface area contributed by atoms with Gasteiger partial charge in [0.05, 0.1) is 12.2 Å². The molecule has 178 valence electrons. The molecule has 8 nitrogen and oxygen atoms in total. The second kappa shape index (κ2) is 10.5. The van der Waals surface area contributed by atoms with Crippen molar-refractivity contribution in [1.29, 1.82) is 0 Å². The molecule has 3 aromatic rings. The van der Waals surface area contributed by atoms with Gasteiger partial charge in [-0.05, 0) is 29.3 Å². The van der Waals surface area contributed by atoms with Crippen molar-refractivity contribution in [2.45, 2.75) is 25.3 Å². The van der Waals surface area contributed by atoms with Gasteiger partial charge in [-0.1, -0.05) is 66.7 Å². The number of aliphatic hydroxyl groups is 2. The van der Waals surface area contributed by atoms with Crippen LogP contribution in [-0.4, -0.2) is 58.4 Å². The maximum absolute atomic E-state index is 13.5. The summed E-state index contributed by atoms with van der Waals surface area (Å²) in [6, 6.07) is 24.8. The third kappa shape index (κ3) is 5.52. The monoisotopic (exact) mass is 481 g/mol. The van der Waals surface area contributed by atoms with Crippen LogP contribution in [0.25, 0.3) is 0 Å². The van der Waals surface area contributed by atoms with E-state index in [4.69, 9.17) is 0 Å². The SMILES string of the molecule is O=C(Nc1ccccc1)c1ccccc1CN1C[C@H](O)[C@@H](O)CN(Cc2ccccc2)S1(=O)=O. The zero-order valence-electron chi connectivity index (χ0n) is 18.5. The Balaban J connectivity index is 1.61. The first-order valence-corrected chi connectivity index (χ1v) is 12.3. The average molecular weight is 482 g/mol. The van der Waals surface area contributed by atoms with Crippen LogP contribution >= 0.6 is 0 Å². The van der Waals surface area contributed by atoms with Gasteiger partial charge in [0, 0.05) is 37.4 Å². The minimum atomic E-state index is -4.05. The van der Waals surface area contributed by atoms with Gasteiger partial charge in [-0.15, -0.1) is 0 Å². The number of hydrogen-bond donors (Lipinski definition) is 3. The normalized spacial score (nSPS) is 21.0. The summed E-state index contributed by atoms with van der Waals surface area (Å²) in [5.74, 6) is -0.365. The largest absolute Gasteiger partial charge is 0.389 e. The van der Waals surface area contributed by atoms with E-state index in [1.165, 1.54) is 0 Å². The van der Waals surface area contributed by atoms with Crippen LogP contribution in [0.4, 0.5) is 5.69 Å². The molecular weight excluding hydrogens is 454 g/mol. The molecule has 34 heavy (non-hydrogen) atoms. The molecule has 1 aliphatic rings. The van der Waals surface area contributed by atoms with Gasteiger partial charge in [0.25, 0.3) is 16.1 Å². The van der Waals surface area contributed by atoms with Crippen molar-refractivity contribution >= 4 is 21.8 Å². The number of nitrogens with one attached hydrogen (secondary N) is 1. The highest BCUT2D eigenvalue weighted by molar-refractivity contribution is 7.86. The molecule has 0 aliphatic carbocycles. The van der Waals surface area contributed by atoms with Gasteiger partial charge in [-0.2, -0.15) is 17.0 Å². The van der Waals surface area contributed by atoms with Gasteiger partial charge in [-0.25, -0.2) is 0 Å². The summed E-state index contributed by atoms with van der Waals surface area (Å²) in [5.41, 5.74) is 2.20.